The van der Waals surface area contributed by atoms with Gasteiger partial charge in [-0.3, -0.25) is 0 Å². The molecule has 0 heterocycles. The highest BCUT2D eigenvalue weighted by Crippen LogP contribution is 2.29. The standard InChI is InChI=1S/C19H20ClN5/c1-11(2)23-18(21)25-19(22)24-15-8-6-13-4-3-12-5-7-14(20)9-16(12)17(13)10-15/h3-11H,1-2H3,(H5,21,22,23,24,25). The second kappa shape index (κ2) is 6.99. The predicted octanol–water partition coefficient (Wildman–Crippen LogP) is 4.10. The van der Waals surface area contributed by atoms with Crippen molar-refractivity contribution in [3.05, 3.63) is 53.6 Å². The third-order valence-electron chi connectivity index (χ3n) is 3.70. The third-order valence-corrected chi connectivity index (χ3v) is 3.93. The lowest BCUT2D eigenvalue weighted by Gasteiger charge is -2.09. The number of anilines is 1. The van der Waals surface area contributed by atoms with Crippen LogP contribution in [0.15, 0.2) is 58.5 Å². The van der Waals surface area contributed by atoms with Gasteiger partial charge in [0.25, 0.3) is 0 Å². The highest BCUT2D eigenvalue weighted by molar-refractivity contribution is 6.31. The summed E-state index contributed by atoms with van der Waals surface area (Å²) in [4.78, 5) is 8.19. The highest BCUT2D eigenvalue weighted by atomic mass is 35.5. The smallest absolute Gasteiger partial charge is 0.218 e. The van der Waals surface area contributed by atoms with Gasteiger partial charge in [0.05, 0.1) is 0 Å². The molecule has 0 amide bonds. The van der Waals surface area contributed by atoms with Crippen LogP contribution in [0.25, 0.3) is 21.5 Å². The van der Waals surface area contributed by atoms with Gasteiger partial charge in [0, 0.05) is 16.8 Å². The van der Waals surface area contributed by atoms with Gasteiger partial charge in [-0.25, -0.2) is 4.99 Å². The molecule has 0 aliphatic heterocycles. The molecule has 0 radical (unpaired) electrons. The largest absolute Gasteiger partial charge is 0.369 e. The van der Waals surface area contributed by atoms with Gasteiger partial charge in [-0.15, -0.1) is 0 Å². The molecule has 3 aromatic rings. The van der Waals surface area contributed by atoms with Gasteiger partial charge in [-0.1, -0.05) is 35.9 Å². The van der Waals surface area contributed by atoms with Crippen LogP contribution < -0.4 is 16.8 Å². The van der Waals surface area contributed by atoms with Gasteiger partial charge in [0.1, 0.15) is 0 Å². The molecule has 0 atom stereocenters. The van der Waals surface area contributed by atoms with Crippen LogP contribution in [0.2, 0.25) is 5.02 Å². The molecule has 0 saturated heterocycles. The van der Waals surface area contributed by atoms with Crippen LogP contribution in [0.3, 0.4) is 0 Å². The van der Waals surface area contributed by atoms with Gasteiger partial charge in [-0.2, -0.15) is 4.99 Å². The second-order valence-electron chi connectivity index (χ2n) is 6.07. The Kier molecular flexibility index (Phi) is 4.76. The van der Waals surface area contributed by atoms with Crippen molar-refractivity contribution in [2.45, 2.75) is 19.9 Å². The zero-order chi connectivity index (χ0) is 18.0. The van der Waals surface area contributed by atoms with Crippen LogP contribution in [0.4, 0.5) is 5.69 Å². The Labute approximate surface area is 151 Å². The SMILES string of the molecule is CC(C)N=C(N)N=C(N)Nc1ccc2ccc3ccc(Cl)cc3c2c1. The zero-order valence-corrected chi connectivity index (χ0v) is 14.9. The fourth-order valence-electron chi connectivity index (χ4n) is 2.69. The van der Waals surface area contributed by atoms with Crippen LogP contribution in [-0.2, 0) is 0 Å². The number of guanidine groups is 2. The summed E-state index contributed by atoms with van der Waals surface area (Å²) < 4.78 is 0. The van der Waals surface area contributed by atoms with E-state index < -0.39 is 0 Å². The van der Waals surface area contributed by atoms with Crippen LogP contribution in [0, 0.1) is 0 Å². The number of nitrogens with two attached hydrogens (primary N) is 2. The molecular weight excluding hydrogens is 334 g/mol. The predicted molar refractivity (Wildman–Crippen MR) is 108 cm³/mol. The van der Waals surface area contributed by atoms with E-state index in [1.54, 1.807) is 0 Å². The Morgan fingerprint density at radius 2 is 1.56 bits per heavy atom. The molecule has 25 heavy (non-hydrogen) atoms. The Bertz CT molecular complexity index is 992. The lowest BCUT2D eigenvalue weighted by molar-refractivity contribution is 0.831. The number of nitrogens with one attached hydrogen (secondary N) is 1. The molecule has 0 aromatic heterocycles. The number of benzene rings is 3. The Morgan fingerprint density at radius 3 is 2.24 bits per heavy atom. The van der Waals surface area contributed by atoms with Crippen LogP contribution in [0.1, 0.15) is 13.8 Å². The van der Waals surface area contributed by atoms with Crippen LogP contribution in [-0.4, -0.2) is 18.0 Å². The van der Waals surface area contributed by atoms with Gasteiger partial charge in [-0.05, 0) is 59.7 Å². The Hall–Kier alpha value is -2.79. The molecule has 0 unspecified atom stereocenters. The quantitative estimate of drug-likeness (QED) is 0.368. The summed E-state index contributed by atoms with van der Waals surface area (Å²) in [5.41, 5.74) is 12.5. The van der Waals surface area contributed by atoms with E-state index in [1.807, 2.05) is 50.2 Å². The number of halogens is 1. The molecule has 0 aliphatic rings. The molecule has 6 heteroatoms. The number of fused-ring (bicyclic) bond motifs is 3. The van der Waals surface area contributed by atoms with E-state index in [4.69, 9.17) is 23.1 Å². The minimum absolute atomic E-state index is 0.0633. The van der Waals surface area contributed by atoms with Crippen molar-refractivity contribution >= 4 is 50.8 Å². The minimum atomic E-state index is 0.0633. The average Bonchev–Trinajstić information content (AvgIpc) is 2.53. The molecule has 0 saturated carbocycles. The van der Waals surface area contributed by atoms with Crippen molar-refractivity contribution in [3.8, 4) is 0 Å². The van der Waals surface area contributed by atoms with Crippen molar-refractivity contribution in [2.75, 3.05) is 5.32 Å². The second-order valence-corrected chi connectivity index (χ2v) is 6.51. The first-order valence-electron chi connectivity index (χ1n) is 7.99. The third kappa shape index (κ3) is 4.00. The maximum absolute atomic E-state index is 6.16. The molecule has 0 fully saturated rings. The summed E-state index contributed by atoms with van der Waals surface area (Å²) in [6.45, 7) is 3.84. The topological polar surface area (TPSA) is 88.8 Å². The number of aliphatic imine (C=N–C) groups is 2. The Morgan fingerprint density at radius 1 is 0.960 bits per heavy atom. The first-order valence-corrected chi connectivity index (χ1v) is 8.36. The van der Waals surface area contributed by atoms with E-state index in [2.05, 4.69) is 27.4 Å². The number of nitrogens with zero attached hydrogens (tertiary/aromatic N) is 2. The summed E-state index contributed by atoms with van der Waals surface area (Å²) in [6.07, 6.45) is 0. The maximum atomic E-state index is 6.16. The monoisotopic (exact) mass is 353 g/mol. The summed E-state index contributed by atoms with van der Waals surface area (Å²) in [5, 5.41) is 8.18. The molecular formula is C19H20ClN5. The van der Waals surface area contributed by atoms with Crippen molar-refractivity contribution < 1.29 is 0 Å². The van der Waals surface area contributed by atoms with Gasteiger partial charge in [0.2, 0.25) is 11.9 Å². The summed E-state index contributed by atoms with van der Waals surface area (Å²) in [7, 11) is 0. The fourth-order valence-corrected chi connectivity index (χ4v) is 2.86. The lowest BCUT2D eigenvalue weighted by Crippen LogP contribution is -2.26. The van der Waals surface area contributed by atoms with Crippen LogP contribution >= 0.6 is 11.6 Å². The molecule has 3 rings (SSSR count). The fraction of sp³-hybridized carbons (Fsp3) is 0.158. The molecule has 0 aliphatic carbocycles. The van der Waals surface area contributed by atoms with E-state index in [-0.39, 0.29) is 18.0 Å². The van der Waals surface area contributed by atoms with Crippen molar-refractivity contribution in [1.82, 2.24) is 0 Å². The molecule has 0 bridgehead atoms. The normalized spacial score (nSPS) is 13.0. The maximum Gasteiger partial charge on any atom is 0.218 e. The molecule has 128 valence electrons. The summed E-state index contributed by atoms with van der Waals surface area (Å²) >= 11 is 6.16. The van der Waals surface area contributed by atoms with Gasteiger partial charge < -0.3 is 16.8 Å². The van der Waals surface area contributed by atoms with Crippen molar-refractivity contribution in [1.29, 1.82) is 0 Å². The average molecular weight is 354 g/mol. The van der Waals surface area contributed by atoms with E-state index >= 15 is 0 Å². The molecule has 5 N–H and O–H groups in total. The molecule has 5 nitrogen and oxygen atoms in total. The molecule has 3 aromatic carbocycles. The van der Waals surface area contributed by atoms with E-state index in [0.717, 1.165) is 27.2 Å². The number of hydrogen-bond donors (Lipinski definition) is 3. The first-order chi connectivity index (χ1) is 11.9. The molecule has 0 spiro atoms. The first kappa shape index (κ1) is 17.0. The highest BCUT2D eigenvalue weighted by Gasteiger charge is 2.04. The number of rotatable bonds is 2. The van der Waals surface area contributed by atoms with E-state index in [9.17, 15) is 0 Å². The summed E-state index contributed by atoms with van der Waals surface area (Å²) in [6, 6.07) is 16.1. The lowest BCUT2D eigenvalue weighted by atomic mass is 10.0. The van der Waals surface area contributed by atoms with E-state index in [0.29, 0.717) is 5.02 Å². The van der Waals surface area contributed by atoms with Gasteiger partial charge in [0.15, 0.2) is 0 Å². The zero-order valence-electron chi connectivity index (χ0n) is 14.1. The van der Waals surface area contributed by atoms with Crippen molar-refractivity contribution in [2.24, 2.45) is 21.5 Å². The Balaban J connectivity index is 1.99. The van der Waals surface area contributed by atoms with Crippen LogP contribution in [0.5, 0.6) is 0 Å². The van der Waals surface area contributed by atoms with Crippen molar-refractivity contribution in [3.63, 3.8) is 0 Å². The minimum Gasteiger partial charge on any atom is -0.369 e. The summed E-state index contributed by atoms with van der Waals surface area (Å²) in [5.74, 6) is 0.345. The van der Waals surface area contributed by atoms with E-state index in [1.165, 1.54) is 0 Å². The van der Waals surface area contributed by atoms with Gasteiger partial charge >= 0.3 is 0 Å². The number of hydrogen-bond acceptors (Lipinski definition) is 1.